The third kappa shape index (κ3) is 2.25. The zero-order valence-corrected chi connectivity index (χ0v) is 21.3. The molecule has 0 radical (unpaired) electrons. The van der Waals surface area contributed by atoms with Gasteiger partial charge in [-0.15, -0.1) is 0 Å². The second-order valence-electron chi connectivity index (χ2n) is 12.2. The van der Waals surface area contributed by atoms with Crippen molar-refractivity contribution in [3.05, 3.63) is 60.7 Å². The average molecular weight is 527 g/mol. The Morgan fingerprint density at radius 2 is 1.19 bits per heavy atom. The molecule has 6 aliphatic carbocycles. The minimum Gasteiger partial charge on any atom is -0.392 e. The van der Waals surface area contributed by atoms with Crippen molar-refractivity contribution in [3.63, 3.8) is 0 Å². The van der Waals surface area contributed by atoms with E-state index in [4.69, 9.17) is 0 Å². The molecule has 36 heavy (non-hydrogen) atoms. The molecule has 3 unspecified atom stereocenters. The van der Waals surface area contributed by atoms with Gasteiger partial charge in [-0.05, 0) is 84.5 Å². The fourth-order valence-corrected chi connectivity index (χ4v) is 15.2. The van der Waals surface area contributed by atoms with E-state index in [2.05, 4.69) is 0 Å². The van der Waals surface area contributed by atoms with Crippen LogP contribution < -0.4 is 0 Å². The van der Waals surface area contributed by atoms with Gasteiger partial charge < -0.3 is 10.2 Å². The number of benzene rings is 2. The van der Waals surface area contributed by atoms with Gasteiger partial charge in [-0.3, -0.25) is 0 Å². The van der Waals surface area contributed by atoms with Gasteiger partial charge in [0, 0.05) is 11.8 Å². The first kappa shape index (κ1) is 22.3. The van der Waals surface area contributed by atoms with E-state index in [1.807, 2.05) is 0 Å². The topological polar surface area (TPSA) is 109 Å². The SMILES string of the molecule is O=S(=O)(CCC1[C@H]2[C@@H](O)[C@@H]3[C@H]4C5CC3(S(=O)(=O)c3ccccc3)[C@@H]3[C@@H](O)[C@H]1[C@H]([C@@H]53)[C@H]24)c1ccccc1. The molecule has 0 saturated heterocycles. The van der Waals surface area contributed by atoms with E-state index in [1.165, 1.54) is 0 Å². The average Bonchev–Trinajstić information content (AvgIpc) is 3.66. The van der Waals surface area contributed by atoms with Gasteiger partial charge >= 0.3 is 0 Å². The highest BCUT2D eigenvalue weighted by Crippen LogP contribution is 2.86. The number of hydrogen-bond donors (Lipinski definition) is 2. The maximum Gasteiger partial charge on any atom is 0.184 e. The van der Waals surface area contributed by atoms with Crippen LogP contribution >= 0.6 is 0 Å². The summed E-state index contributed by atoms with van der Waals surface area (Å²) in [5, 5.41) is 23.6. The van der Waals surface area contributed by atoms with E-state index in [9.17, 15) is 27.0 Å². The zero-order chi connectivity index (χ0) is 24.8. The maximum atomic E-state index is 14.3. The summed E-state index contributed by atoms with van der Waals surface area (Å²) in [6, 6.07) is 17.0. The van der Waals surface area contributed by atoms with Gasteiger partial charge in [-0.25, -0.2) is 16.8 Å². The number of aliphatic hydroxyl groups is 2. The molecule has 0 heterocycles. The van der Waals surface area contributed by atoms with Crippen molar-refractivity contribution < 1.29 is 27.0 Å². The molecule has 0 amide bonds. The van der Waals surface area contributed by atoms with Crippen LogP contribution in [0.15, 0.2) is 70.5 Å². The van der Waals surface area contributed by atoms with E-state index < -0.39 is 36.6 Å². The molecule has 2 bridgehead atoms. The minimum atomic E-state index is -3.78. The number of hydrogen-bond acceptors (Lipinski definition) is 6. The maximum absolute atomic E-state index is 14.3. The Kier molecular flexibility index (Phi) is 4.22. The van der Waals surface area contributed by atoms with Gasteiger partial charge in [-0.1, -0.05) is 36.4 Å². The molecule has 2 aromatic rings. The van der Waals surface area contributed by atoms with E-state index in [0.717, 1.165) is 0 Å². The van der Waals surface area contributed by atoms with Gasteiger partial charge in [0.25, 0.3) is 0 Å². The Bertz CT molecular complexity index is 1420. The summed E-state index contributed by atoms with van der Waals surface area (Å²) in [5.74, 6) is -0.160. The lowest BCUT2D eigenvalue weighted by Gasteiger charge is -2.47. The molecule has 6 saturated carbocycles. The first-order chi connectivity index (χ1) is 17.2. The summed E-state index contributed by atoms with van der Waals surface area (Å²) >= 11 is 0. The predicted molar refractivity (Wildman–Crippen MR) is 131 cm³/mol. The number of sulfone groups is 2. The van der Waals surface area contributed by atoms with Crippen LogP contribution in [0.5, 0.6) is 0 Å². The van der Waals surface area contributed by atoms with Crippen LogP contribution in [0.1, 0.15) is 12.8 Å². The van der Waals surface area contributed by atoms with Crippen LogP contribution in [-0.4, -0.2) is 49.8 Å². The molecular weight excluding hydrogens is 496 g/mol. The fourth-order valence-electron chi connectivity index (χ4n) is 11.2. The zero-order valence-electron chi connectivity index (χ0n) is 19.7. The van der Waals surface area contributed by atoms with Crippen LogP contribution in [0.4, 0.5) is 0 Å². The van der Waals surface area contributed by atoms with E-state index in [0.29, 0.717) is 17.7 Å². The molecule has 2 aromatic carbocycles. The van der Waals surface area contributed by atoms with Crippen molar-refractivity contribution in [3.8, 4) is 0 Å². The van der Waals surface area contributed by atoms with E-state index in [1.54, 1.807) is 60.7 Å². The Balaban J connectivity index is 1.20. The molecule has 0 aromatic heterocycles. The highest BCUT2D eigenvalue weighted by Gasteiger charge is 2.90. The van der Waals surface area contributed by atoms with Crippen LogP contribution in [0.2, 0.25) is 0 Å². The smallest absolute Gasteiger partial charge is 0.184 e. The molecule has 6 aliphatic rings. The van der Waals surface area contributed by atoms with Crippen molar-refractivity contribution >= 4 is 19.7 Å². The number of rotatable bonds is 6. The van der Waals surface area contributed by atoms with Gasteiger partial charge in [0.15, 0.2) is 19.7 Å². The van der Waals surface area contributed by atoms with E-state index in [-0.39, 0.29) is 69.8 Å². The fraction of sp³-hybridized carbons (Fsp3) is 0.571. The summed E-state index contributed by atoms with van der Waals surface area (Å²) in [6.45, 7) is 0. The monoisotopic (exact) mass is 526 g/mol. The number of aliphatic hydroxyl groups excluding tert-OH is 2. The Labute approximate surface area is 211 Å². The summed E-state index contributed by atoms with van der Waals surface area (Å²) < 4.78 is 53.7. The molecule has 2 N–H and O–H groups in total. The largest absolute Gasteiger partial charge is 0.392 e. The lowest BCUT2D eigenvalue weighted by Crippen LogP contribution is -2.58. The molecule has 6 nitrogen and oxygen atoms in total. The molecule has 8 rings (SSSR count). The second-order valence-corrected chi connectivity index (χ2v) is 16.6. The van der Waals surface area contributed by atoms with Crippen LogP contribution in [0.25, 0.3) is 0 Å². The highest BCUT2D eigenvalue weighted by atomic mass is 32.2. The summed E-state index contributed by atoms with van der Waals surface area (Å²) in [4.78, 5) is 0.590. The normalized spacial score (nSPS) is 48.9. The van der Waals surface area contributed by atoms with Crippen molar-refractivity contribution in [2.75, 3.05) is 5.75 Å². The van der Waals surface area contributed by atoms with Gasteiger partial charge in [0.2, 0.25) is 0 Å². The van der Waals surface area contributed by atoms with Crippen LogP contribution in [0, 0.1) is 59.2 Å². The number of fused-ring (bicyclic) bond motifs is 3. The predicted octanol–water partition coefficient (Wildman–Crippen LogP) is 2.42. The third-order valence-corrected chi connectivity index (χ3v) is 16.0. The summed E-state index contributed by atoms with van der Waals surface area (Å²) in [5.41, 5.74) is 0. The summed E-state index contributed by atoms with van der Waals surface area (Å²) in [7, 11) is -7.25. The molecule has 0 aliphatic heterocycles. The first-order valence-corrected chi connectivity index (χ1v) is 16.3. The van der Waals surface area contributed by atoms with E-state index >= 15 is 0 Å². The van der Waals surface area contributed by atoms with Crippen molar-refractivity contribution in [1.82, 2.24) is 0 Å². The lowest BCUT2D eigenvalue weighted by molar-refractivity contribution is -0.0401. The standard InChI is InChI=1S/C28H30O6S2/c29-26-20-16(11-12-35(31,32)14-7-3-1-4-8-14)21-23-19-17-13-28(25(19)27(21)30,24(26)18(17)22(20)23)36(33,34)15-9-5-2-6-10-15/h1-10,16-27,29-30H,11-13H2/t16?,17?,18-,19+,20-,21-,22+,23+,24+,25+,26+,27-,28?/m1/s1. The molecular formula is C28H30O6S2. The van der Waals surface area contributed by atoms with Crippen molar-refractivity contribution in [2.24, 2.45) is 59.2 Å². The van der Waals surface area contributed by atoms with Gasteiger partial charge in [0.1, 0.15) is 0 Å². The Morgan fingerprint density at radius 1 is 0.694 bits per heavy atom. The second kappa shape index (κ2) is 6.82. The summed E-state index contributed by atoms with van der Waals surface area (Å²) in [6.07, 6.45) is -0.591. The molecule has 13 atom stereocenters. The van der Waals surface area contributed by atoms with Crippen LogP contribution in [0.3, 0.4) is 0 Å². The van der Waals surface area contributed by atoms with Gasteiger partial charge in [-0.2, -0.15) is 0 Å². The van der Waals surface area contributed by atoms with Crippen molar-refractivity contribution in [1.29, 1.82) is 0 Å². The Hall–Kier alpha value is -1.74. The molecule has 190 valence electrons. The molecule has 0 spiro atoms. The Morgan fingerprint density at radius 3 is 1.72 bits per heavy atom. The molecule has 8 heteroatoms. The molecule has 6 fully saturated rings. The third-order valence-electron chi connectivity index (χ3n) is 11.6. The van der Waals surface area contributed by atoms with Crippen LogP contribution in [-0.2, 0) is 19.7 Å². The highest BCUT2D eigenvalue weighted by molar-refractivity contribution is 7.93. The minimum absolute atomic E-state index is 0.0187. The quantitative estimate of drug-likeness (QED) is 0.599. The first-order valence-electron chi connectivity index (χ1n) is 13.2. The van der Waals surface area contributed by atoms with Gasteiger partial charge in [0.05, 0.1) is 32.5 Å². The lowest BCUT2D eigenvalue weighted by atomic mass is 9.68. The van der Waals surface area contributed by atoms with Crippen molar-refractivity contribution in [2.45, 2.75) is 39.6 Å².